The molecular formula is C16H13N3S. The predicted molar refractivity (Wildman–Crippen MR) is 85.6 cm³/mol. The lowest BCUT2D eigenvalue weighted by molar-refractivity contribution is 1.11. The normalized spacial score (nSPS) is 11.4. The Labute approximate surface area is 120 Å². The minimum atomic E-state index is 0.531. The molecule has 0 unspecified atom stereocenters. The molecule has 4 rings (SSSR count). The summed E-state index contributed by atoms with van der Waals surface area (Å²) >= 11 is 1.75. The second kappa shape index (κ2) is 4.08. The summed E-state index contributed by atoms with van der Waals surface area (Å²) in [5.41, 5.74) is 10.4. The number of para-hydroxylation sites is 1. The Balaban J connectivity index is 2.08. The lowest BCUT2D eigenvalue weighted by Gasteiger charge is -2.08. The van der Waals surface area contributed by atoms with Gasteiger partial charge in [-0.3, -0.25) is 4.57 Å². The first-order valence-corrected chi connectivity index (χ1v) is 7.33. The molecule has 20 heavy (non-hydrogen) atoms. The van der Waals surface area contributed by atoms with Crippen LogP contribution >= 0.6 is 11.3 Å². The summed E-state index contributed by atoms with van der Waals surface area (Å²) in [7, 11) is 0. The Kier molecular flexibility index (Phi) is 2.35. The highest BCUT2D eigenvalue weighted by atomic mass is 32.1. The second-order valence-corrected chi connectivity index (χ2v) is 5.84. The van der Waals surface area contributed by atoms with Gasteiger partial charge in [0.1, 0.15) is 0 Å². The van der Waals surface area contributed by atoms with E-state index in [0.29, 0.717) is 5.95 Å². The minimum Gasteiger partial charge on any atom is -0.369 e. The molecule has 0 bridgehead atoms. The molecule has 0 spiro atoms. The monoisotopic (exact) mass is 279 g/mol. The first-order chi connectivity index (χ1) is 9.74. The van der Waals surface area contributed by atoms with Gasteiger partial charge in [0.25, 0.3) is 0 Å². The minimum absolute atomic E-state index is 0.531. The van der Waals surface area contributed by atoms with E-state index in [2.05, 4.69) is 47.6 Å². The maximum atomic E-state index is 6.13. The molecule has 0 saturated carbocycles. The summed E-state index contributed by atoms with van der Waals surface area (Å²) in [6.45, 7) is 2.09. The van der Waals surface area contributed by atoms with Crippen molar-refractivity contribution in [2.45, 2.75) is 6.92 Å². The number of aryl methyl sites for hydroxylation is 1. The number of imidazole rings is 1. The van der Waals surface area contributed by atoms with Crippen LogP contribution in [0.1, 0.15) is 5.56 Å². The van der Waals surface area contributed by atoms with Crippen LogP contribution in [0.3, 0.4) is 0 Å². The van der Waals surface area contributed by atoms with E-state index in [-0.39, 0.29) is 0 Å². The fourth-order valence-electron chi connectivity index (χ4n) is 2.67. The van der Waals surface area contributed by atoms with E-state index in [1.54, 1.807) is 11.3 Å². The van der Waals surface area contributed by atoms with E-state index in [9.17, 15) is 0 Å². The third-order valence-electron chi connectivity index (χ3n) is 3.60. The molecule has 4 heteroatoms. The largest absolute Gasteiger partial charge is 0.369 e. The van der Waals surface area contributed by atoms with Crippen molar-refractivity contribution >= 4 is 38.4 Å². The number of hydrogen-bond donors (Lipinski definition) is 1. The Morgan fingerprint density at radius 3 is 2.95 bits per heavy atom. The van der Waals surface area contributed by atoms with Crippen LogP contribution in [0.5, 0.6) is 0 Å². The van der Waals surface area contributed by atoms with Crippen LogP contribution in [-0.2, 0) is 0 Å². The average Bonchev–Trinajstić information content (AvgIpc) is 3.01. The number of nitrogens with zero attached hydrogens (tertiary/aromatic N) is 2. The molecule has 0 aliphatic heterocycles. The number of hydrogen-bond acceptors (Lipinski definition) is 3. The van der Waals surface area contributed by atoms with Crippen molar-refractivity contribution in [3.63, 3.8) is 0 Å². The second-order valence-electron chi connectivity index (χ2n) is 4.89. The number of nitrogen functional groups attached to an aromatic ring is 1. The van der Waals surface area contributed by atoms with Crippen LogP contribution in [0, 0.1) is 6.92 Å². The molecule has 0 amide bonds. The van der Waals surface area contributed by atoms with Crippen molar-refractivity contribution in [2.24, 2.45) is 0 Å². The van der Waals surface area contributed by atoms with Crippen molar-refractivity contribution in [3.8, 4) is 5.69 Å². The van der Waals surface area contributed by atoms with Gasteiger partial charge in [-0.25, -0.2) is 4.98 Å². The molecule has 0 radical (unpaired) electrons. The van der Waals surface area contributed by atoms with E-state index in [0.717, 1.165) is 16.7 Å². The summed E-state index contributed by atoms with van der Waals surface area (Å²) in [4.78, 5) is 4.46. The summed E-state index contributed by atoms with van der Waals surface area (Å²) in [6.07, 6.45) is 0. The van der Waals surface area contributed by atoms with Gasteiger partial charge in [-0.2, -0.15) is 0 Å². The number of rotatable bonds is 1. The predicted octanol–water partition coefficient (Wildman–Crippen LogP) is 4.13. The smallest absolute Gasteiger partial charge is 0.205 e. The van der Waals surface area contributed by atoms with Crippen molar-refractivity contribution in [2.75, 3.05) is 5.73 Å². The SMILES string of the molecule is Cc1cccc2nc(N)n(-c3ccc4sccc4c3)c12. The molecule has 0 fully saturated rings. The first kappa shape index (κ1) is 11.5. The Morgan fingerprint density at radius 2 is 2.05 bits per heavy atom. The van der Waals surface area contributed by atoms with Crippen LogP contribution in [-0.4, -0.2) is 9.55 Å². The first-order valence-electron chi connectivity index (χ1n) is 6.45. The molecule has 0 atom stereocenters. The average molecular weight is 279 g/mol. The molecule has 2 aromatic heterocycles. The zero-order chi connectivity index (χ0) is 13.7. The van der Waals surface area contributed by atoms with Crippen LogP contribution in [0.4, 0.5) is 5.95 Å². The van der Waals surface area contributed by atoms with E-state index in [1.165, 1.54) is 15.6 Å². The highest BCUT2D eigenvalue weighted by molar-refractivity contribution is 7.17. The Morgan fingerprint density at radius 1 is 1.15 bits per heavy atom. The van der Waals surface area contributed by atoms with Gasteiger partial charge in [0, 0.05) is 10.4 Å². The van der Waals surface area contributed by atoms with Gasteiger partial charge in [0.15, 0.2) is 0 Å². The topological polar surface area (TPSA) is 43.8 Å². The van der Waals surface area contributed by atoms with Gasteiger partial charge in [-0.15, -0.1) is 11.3 Å². The summed E-state index contributed by atoms with van der Waals surface area (Å²) in [5, 5.41) is 3.34. The van der Waals surface area contributed by atoms with Crippen molar-refractivity contribution in [1.29, 1.82) is 0 Å². The number of benzene rings is 2. The number of thiophene rings is 1. The number of fused-ring (bicyclic) bond motifs is 2. The van der Waals surface area contributed by atoms with Gasteiger partial charge in [0.2, 0.25) is 5.95 Å². The van der Waals surface area contributed by atoms with Crippen LogP contribution in [0.2, 0.25) is 0 Å². The fourth-order valence-corrected chi connectivity index (χ4v) is 3.44. The van der Waals surface area contributed by atoms with Crippen LogP contribution in [0.25, 0.3) is 26.8 Å². The summed E-state index contributed by atoms with van der Waals surface area (Å²) in [6, 6.07) is 14.6. The summed E-state index contributed by atoms with van der Waals surface area (Å²) in [5.74, 6) is 0.531. The molecule has 0 saturated heterocycles. The van der Waals surface area contributed by atoms with Gasteiger partial charge >= 0.3 is 0 Å². The zero-order valence-corrected chi connectivity index (χ0v) is 11.8. The molecule has 98 valence electrons. The van der Waals surface area contributed by atoms with Gasteiger partial charge < -0.3 is 5.73 Å². The fraction of sp³-hybridized carbons (Fsp3) is 0.0625. The highest BCUT2D eigenvalue weighted by Gasteiger charge is 2.12. The molecule has 2 heterocycles. The number of aromatic nitrogens is 2. The maximum absolute atomic E-state index is 6.13. The van der Waals surface area contributed by atoms with E-state index >= 15 is 0 Å². The van der Waals surface area contributed by atoms with Crippen molar-refractivity contribution in [3.05, 3.63) is 53.4 Å². The quantitative estimate of drug-likeness (QED) is 0.569. The summed E-state index contributed by atoms with van der Waals surface area (Å²) < 4.78 is 3.32. The van der Waals surface area contributed by atoms with Crippen molar-refractivity contribution in [1.82, 2.24) is 9.55 Å². The molecule has 4 aromatic rings. The van der Waals surface area contributed by atoms with Crippen LogP contribution in [0.15, 0.2) is 47.8 Å². The molecule has 2 N–H and O–H groups in total. The third kappa shape index (κ3) is 1.55. The Bertz CT molecular complexity index is 933. The van der Waals surface area contributed by atoms with Crippen molar-refractivity contribution < 1.29 is 0 Å². The number of nitrogens with two attached hydrogens (primary N) is 1. The Hall–Kier alpha value is -2.33. The highest BCUT2D eigenvalue weighted by Crippen LogP contribution is 2.29. The standard InChI is InChI=1S/C16H13N3S/c1-10-3-2-4-13-15(10)19(16(17)18-13)12-5-6-14-11(9-12)7-8-20-14/h2-9H,1H3,(H2,17,18). The zero-order valence-electron chi connectivity index (χ0n) is 11.0. The van der Waals surface area contributed by atoms with Gasteiger partial charge in [0.05, 0.1) is 11.0 Å². The lowest BCUT2D eigenvalue weighted by atomic mass is 10.2. The molecule has 0 aliphatic carbocycles. The molecular weight excluding hydrogens is 266 g/mol. The number of anilines is 1. The molecule has 2 aromatic carbocycles. The van der Waals surface area contributed by atoms with Gasteiger partial charge in [-0.1, -0.05) is 12.1 Å². The van der Waals surface area contributed by atoms with E-state index in [4.69, 9.17) is 5.73 Å². The third-order valence-corrected chi connectivity index (χ3v) is 4.50. The van der Waals surface area contributed by atoms with Crippen LogP contribution < -0.4 is 5.73 Å². The van der Waals surface area contributed by atoms with E-state index < -0.39 is 0 Å². The lowest BCUT2D eigenvalue weighted by Crippen LogP contribution is -2.01. The maximum Gasteiger partial charge on any atom is 0.205 e. The molecule has 3 nitrogen and oxygen atoms in total. The molecule has 0 aliphatic rings. The van der Waals surface area contributed by atoms with Gasteiger partial charge in [-0.05, 0) is 53.6 Å². The van der Waals surface area contributed by atoms with E-state index in [1.807, 2.05) is 16.7 Å².